The van der Waals surface area contributed by atoms with Gasteiger partial charge in [0.25, 0.3) is 0 Å². The van der Waals surface area contributed by atoms with Crippen molar-refractivity contribution < 1.29 is 15.0 Å². The van der Waals surface area contributed by atoms with Gasteiger partial charge in [-0.05, 0) is 42.0 Å². The van der Waals surface area contributed by atoms with E-state index >= 15 is 0 Å². The Kier molecular flexibility index (Phi) is 2.08. The molecule has 0 radical (unpaired) electrons. The molecule has 2 rings (SSSR count). The predicted molar refractivity (Wildman–Crippen MR) is 57.3 cm³/mol. The number of ketones is 1. The highest BCUT2D eigenvalue weighted by Crippen LogP contribution is 2.27. The van der Waals surface area contributed by atoms with Gasteiger partial charge in [-0.1, -0.05) is 6.07 Å². The molecule has 0 fully saturated rings. The predicted octanol–water partition coefficient (Wildman–Crippen LogP) is 2.45. The highest BCUT2D eigenvalue weighted by Gasteiger charge is 2.08. The van der Waals surface area contributed by atoms with Gasteiger partial charge < -0.3 is 10.2 Å². The molecule has 2 aromatic rings. The lowest BCUT2D eigenvalue weighted by Gasteiger charge is -2.04. The van der Waals surface area contributed by atoms with Crippen molar-refractivity contribution in [1.82, 2.24) is 0 Å². The second-order valence-corrected chi connectivity index (χ2v) is 3.46. The van der Waals surface area contributed by atoms with E-state index in [1.807, 2.05) is 0 Å². The number of carbonyl (C=O) groups excluding carboxylic acids is 1. The molecule has 0 saturated carbocycles. The van der Waals surface area contributed by atoms with Gasteiger partial charge in [0.1, 0.15) is 11.5 Å². The van der Waals surface area contributed by atoms with Crippen molar-refractivity contribution >= 4 is 16.6 Å². The summed E-state index contributed by atoms with van der Waals surface area (Å²) in [6.45, 7) is 1.39. The molecule has 0 bridgehead atoms. The van der Waals surface area contributed by atoms with Crippen LogP contribution in [0.2, 0.25) is 0 Å². The molecule has 0 spiro atoms. The molecule has 0 amide bonds. The van der Waals surface area contributed by atoms with Crippen molar-refractivity contribution in [3.8, 4) is 11.5 Å². The first-order valence-corrected chi connectivity index (χ1v) is 4.54. The third kappa shape index (κ3) is 1.64. The summed E-state index contributed by atoms with van der Waals surface area (Å²) < 4.78 is 0. The van der Waals surface area contributed by atoms with E-state index in [1.165, 1.54) is 19.1 Å². The molecular weight excluding hydrogens is 192 g/mol. The second-order valence-electron chi connectivity index (χ2n) is 3.46. The average molecular weight is 202 g/mol. The van der Waals surface area contributed by atoms with Crippen LogP contribution in [0.25, 0.3) is 10.8 Å². The molecule has 2 aromatic carbocycles. The SMILES string of the molecule is CC(=O)c1cc2cc(O)ccc2cc1O. The number of hydrogen-bond acceptors (Lipinski definition) is 3. The minimum atomic E-state index is -0.197. The van der Waals surface area contributed by atoms with Gasteiger partial charge in [-0.3, -0.25) is 4.79 Å². The Labute approximate surface area is 86.6 Å². The summed E-state index contributed by atoms with van der Waals surface area (Å²) >= 11 is 0. The molecule has 0 heterocycles. The lowest BCUT2D eigenvalue weighted by atomic mass is 10.0. The quantitative estimate of drug-likeness (QED) is 0.698. The van der Waals surface area contributed by atoms with Gasteiger partial charge in [0.15, 0.2) is 5.78 Å². The number of aromatic hydroxyl groups is 2. The summed E-state index contributed by atoms with van der Waals surface area (Å²) in [5, 5.41) is 20.4. The molecule has 0 aliphatic rings. The Hall–Kier alpha value is -2.03. The van der Waals surface area contributed by atoms with Crippen LogP contribution in [-0.2, 0) is 0 Å². The van der Waals surface area contributed by atoms with Crippen LogP contribution >= 0.6 is 0 Å². The number of benzene rings is 2. The number of phenolic OH excluding ortho intramolecular Hbond substituents is 2. The van der Waals surface area contributed by atoms with Crippen LogP contribution in [0.5, 0.6) is 11.5 Å². The summed E-state index contributed by atoms with van der Waals surface area (Å²) in [7, 11) is 0. The molecule has 3 heteroatoms. The lowest BCUT2D eigenvalue weighted by molar-refractivity contribution is 0.101. The van der Waals surface area contributed by atoms with E-state index in [-0.39, 0.29) is 22.8 Å². The summed E-state index contributed by atoms with van der Waals surface area (Å²) in [5.74, 6) is -0.0823. The Morgan fingerprint density at radius 2 is 1.80 bits per heavy atom. The first-order chi connectivity index (χ1) is 7.08. The molecule has 2 N–H and O–H groups in total. The van der Waals surface area contributed by atoms with Crippen LogP contribution < -0.4 is 0 Å². The van der Waals surface area contributed by atoms with Gasteiger partial charge in [-0.2, -0.15) is 0 Å². The van der Waals surface area contributed by atoms with Crippen LogP contribution in [0.3, 0.4) is 0 Å². The van der Waals surface area contributed by atoms with E-state index in [0.29, 0.717) is 0 Å². The van der Waals surface area contributed by atoms with Crippen molar-refractivity contribution in [3.05, 3.63) is 35.9 Å². The maximum absolute atomic E-state index is 11.2. The molecule has 0 aliphatic heterocycles. The van der Waals surface area contributed by atoms with Crippen molar-refractivity contribution in [2.24, 2.45) is 0 Å². The molecule has 3 nitrogen and oxygen atoms in total. The second kappa shape index (κ2) is 3.28. The summed E-state index contributed by atoms with van der Waals surface area (Å²) in [6.07, 6.45) is 0. The molecule has 76 valence electrons. The fourth-order valence-corrected chi connectivity index (χ4v) is 1.56. The highest BCUT2D eigenvalue weighted by atomic mass is 16.3. The zero-order valence-electron chi connectivity index (χ0n) is 8.19. The molecule has 0 unspecified atom stereocenters. The number of hydrogen-bond donors (Lipinski definition) is 2. The maximum Gasteiger partial charge on any atom is 0.163 e. The Bertz CT molecular complexity index is 544. The van der Waals surface area contributed by atoms with Crippen molar-refractivity contribution in [1.29, 1.82) is 0 Å². The third-order valence-electron chi connectivity index (χ3n) is 2.32. The van der Waals surface area contributed by atoms with Crippen LogP contribution in [0.4, 0.5) is 0 Å². The maximum atomic E-state index is 11.2. The van der Waals surface area contributed by atoms with Gasteiger partial charge in [0.2, 0.25) is 0 Å². The number of fused-ring (bicyclic) bond motifs is 1. The van der Waals surface area contributed by atoms with Gasteiger partial charge in [-0.15, -0.1) is 0 Å². The van der Waals surface area contributed by atoms with Crippen LogP contribution in [0.15, 0.2) is 30.3 Å². The fraction of sp³-hybridized carbons (Fsp3) is 0.0833. The molecule has 0 saturated heterocycles. The zero-order chi connectivity index (χ0) is 11.0. The van der Waals surface area contributed by atoms with Gasteiger partial charge in [0, 0.05) is 0 Å². The standard InChI is InChI=1S/C12H10O3/c1-7(13)11-5-9-4-10(14)3-2-8(9)6-12(11)15/h2-6,14-15H,1H3. The number of carbonyl (C=O) groups is 1. The van der Waals surface area contributed by atoms with Crippen molar-refractivity contribution in [2.45, 2.75) is 6.92 Å². The van der Waals surface area contributed by atoms with E-state index < -0.39 is 0 Å². The Morgan fingerprint density at radius 1 is 1.07 bits per heavy atom. The normalized spacial score (nSPS) is 10.5. The Morgan fingerprint density at radius 3 is 2.47 bits per heavy atom. The molecule has 15 heavy (non-hydrogen) atoms. The van der Waals surface area contributed by atoms with Gasteiger partial charge in [-0.25, -0.2) is 0 Å². The number of rotatable bonds is 1. The minimum Gasteiger partial charge on any atom is -0.508 e. The number of Topliss-reactive ketones (excluding diaryl/α,β-unsaturated/α-hetero) is 1. The minimum absolute atomic E-state index is 0.0271. The molecule has 0 aromatic heterocycles. The lowest BCUT2D eigenvalue weighted by Crippen LogP contribution is -1.92. The van der Waals surface area contributed by atoms with Crippen molar-refractivity contribution in [3.63, 3.8) is 0 Å². The first-order valence-electron chi connectivity index (χ1n) is 4.54. The van der Waals surface area contributed by atoms with E-state index in [4.69, 9.17) is 0 Å². The molecule has 0 aliphatic carbocycles. The number of phenols is 2. The molecule has 0 atom stereocenters. The Balaban J connectivity index is 2.77. The average Bonchev–Trinajstić information content (AvgIpc) is 2.17. The third-order valence-corrected chi connectivity index (χ3v) is 2.32. The van der Waals surface area contributed by atoms with Crippen LogP contribution in [0.1, 0.15) is 17.3 Å². The van der Waals surface area contributed by atoms with Gasteiger partial charge >= 0.3 is 0 Å². The fourth-order valence-electron chi connectivity index (χ4n) is 1.56. The van der Waals surface area contributed by atoms with Crippen LogP contribution in [-0.4, -0.2) is 16.0 Å². The molecular formula is C12H10O3. The summed E-state index contributed by atoms with van der Waals surface area (Å²) in [6, 6.07) is 7.88. The van der Waals surface area contributed by atoms with Crippen molar-refractivity contribution in [2.75, 3.05) is 0 Å². The topological polar surface area (TPSA) is 57.5 Å². The summed E-state index contributed by atoms with van der Waals surface area (Å²) in [5.41, 5.74) is 0.271. The summed E-state index contributed by atoms with van der Waals surface area (Å²) in [4.78, 5) is 11.2. The van der Waals surface area contributed by atoms with Crippen LogP contribution in [0, 0.1) is 0 Å². The smallest absolute Gasteiger partial charge is 0.163 e. The first kappa shape index (κ1) is 9.52. The van der Waals surface area contributed by atoms with E-state index in [9.17, 15) is 15.0 Å². The zero-order valence-corrected chi connectivity index (χ0v) is 8.19. The van der Waals surface area contributed by atoms with E-state index in [1.54, 1.807) is 18.2 Å². The van der Waals surface area contributed by atoms with Gasteiger partial charge in [0.05, 0.1) is 5.56 Å². The van der Waals surface area contributed by atoms with E-state index in [2.05, 4.69) is 0 Å². The monoisotopic (exact) mass is 202 g/mol. The van der Waals surface area contributed by atoms with E-state index in [0.717, 1.165) is 10.8 Å². The highest BCUT2D eigenvalue weighted by molar-refractivity contribution is 6.01. The largest absolute Gasteiger partial charge is 0.508 e.